The molecule has 1 saturated heterocycles. The van der Waals surface area contributed by atoms with Gasteiger partial charge in [0.05, 0.1) is 18.9 Å². The Labute approximate surface area is 177 Å². The van der Waals surface area contributed by atoms with Crippen LogP contribution in [-0.2, 0) is 0 Å². The third-order valence-corrected chi connectivity index (χ3v) is 6.76. The van der Waals surface area contributed by atoms with Crippen molar-refractivity contribution in [3.8, 4) is 17.2 Å². The molecule has 3 aliphatic heterocycles. The topological polar surface area (TPSA) is 57.5 Å². The van der Waals surface area contributed by atoms with Crippen molar-refractivity contribution in [2.75, 3.05) is 26.7 Å². The number of aromatic hydroxyl groups is 1. The lowest BCUT2D eigenvalue weighted by molar-refractivity contribution is -0.150. The number of rotatable bonds is 3. The van der Waals surface area contributed by atoms with Crippen molar-refractivity contribution in [3.05, 3.63) is 53.1 Å². The quantitative estimate of drug-likeness (QED) is 0.831. The maximum atomic E-state index is 10.5. The predicted octanol–water partition coefficient (Wildman–Crippen LogP) is 4.06. The van der Waals surface area contributed by atoms with Crippen LogP contribution in [0, 0.1) is 6.92 Å². The largest absolute Gasteiger partial charge is 0.507 e. The summed E-state index contributed by atoms with van der Waals surface area (Å²) in [7, 11) is 1.69. The van der Waals surface area contributed by atoms with E-state index in [9.17, 15) is 5.11 Å². The van der Waals surface area contributed by atoms with Crippen LogP contribution in [0.3, 0.4) is 0 Å². The molecule has 1 fully saturated rings. The Morgan fingerprint density at radius 3 is 2.77 bits per heavy atom. The molecule has 6 nitrogen and oxygen atoms in total. The Kier molecular flexibility index (Phi) is 4.62. The summed E-state index contributed by atoms with van der Waals surface area (Å²) in [6.07, 6.45) is 2.50. The van der Waals surface area contributed by atoms with Crippen LogP contribution in [0.4, 0.5) is 0 Å². The number of piperidine rings is 1. The summed E-state index contributed by atoms with van der Waals surface area (Å²) in [6, 6.07) is 11.9. The van der Waals surface area contributed by atoms with Crippen LogP contribution in [0.2, 0.25) is 0 Å². The molecule has 0 saturated carbocycles. The highest BCUT2D eigenvalue weighted by Gasteiger charge is 2.52. The van der Waals surface area contributed by atoms with Gasteiger partial charge < -0.3 is 19.5 Å². The smallest absolute Gasteiger partial charge is 0.200 e. The van der Waals surface area contributed by atoms with Crippen LogP contribution in [-0.4, -0.2) is 53.2 Å². The van der Waals surface area contributed by atoms with Gasteiger partial charge >= 0.3 is 0 Å². The molecule has 0 aliphatic carbocycles. The van der Waals surface area contributed by atoms with E-state index >= 15 is 0 Å². The maximum Gasteiger partial charge on any atom is 0.200 e. The number of fused-ring (bicyclic) bond motifs is 4. The monoisotopic (exact) mass is 407 g/mol. The fourth-order valence-electron chi connectivity index (χ4n) is 5.02. The number of aryl methyl sites for hydroxylation is 1. The molecule has 0 aromatic heterocycles. The van der Waals surface area contributed by atoms with Crippen LogP contribution in [0.1, 0.15) is 48.9 Å². The molecule has 0 radical (unpaired) electrons. The van der Waals surface area contributed by atoms with Crippen molar-refractivity contribution >= 4 is 5.71 Å². The summed E-state index contributed by atoms with van der Waals surface area (Å²) in [5, 5.41) is 17.8. The van der Waals surface area contributed by atoms with Gasteiger partial charge in [-0.05, 0) is 31.7 Å². The first-order valence-corrected chi connectivity index (χ1v) is 10.8. The van der Waals surface area contributed by atoms with Gasteiger partial charge in [0.25, 0.3) is 0 Å². The van der Waals surface area contributed by atoms with Gasteiger partial charge in [-0.15, -0.1) is 0 Å². The highest BCUT2D eigenvalue weighted by Crippen LogP contribution is 2.53. The Balaban J connectivity index is 1.60. The van der Waals surface area contributed by atoms with Crippen LogP contribution >= 0.6 is 0 Å². The Bertz CT molecular complexity index is 995. The van der Waals surface area contributed by atoms with E-state index < -0.39 is 5.72 Å². The molecule has 5 rings (SSSR count). The van der Waals surface area contributed by atoms with E-state index in [0.29, 0.717) is 0 Å². The molecule has 3 heterocycles. The third kappa shape index (κ3) is 2.93. The van der Waals surface area contributed by atoms with Crippen molar-refractivity contribution in [2.24, 2.45) is 5.10 Å². The van der Waals surface area contributed by atoms with Crippen molar-refractivity contribution in [1.82, 2.24) is 9.91 Å². The van der Waals surface area contributed by atoms with E-state index in [2.05, 4.69) is 22.9 Å². The summed E-state index contributed by atoms with van der Waals surface area (Å²) >= 11 is 0. The average Bonchev–Trinajstić information content (AvgIpc) is 3.22. The van der Waals surface area contributed by atoms with Crippen molar-refractivity contribution in [2.45, 2.75) is 44.9 Å². The number of phenolic OH excluding ortho intramolecular Hbond substituents is 1. The van der Waals surface area contributed by atoms with Crippen LogP contribution in [0.25, 0.3) is 0 Å². The van der Waals surface area contributed by atoms with E-state index in [1.165, 1.54) is 0 Å². The average molecular weight is 408 g/mol. The minimum Gasteiger partial charge on any atom is -0.507 e. The number of nitrogens with zero attached hydrogens (tertiary/aromatic N) is 3. The lowest BCUT2D eigenvalue weighted by atomic mass is 9.90. The molecule has 1 N–H and O–H groups in total. The van der Waals surface area contributed by atoms with E-state index in [-0.39, 0.29) is 11.8 Å². The SMILES string of the molecule is CCN1CCC2(CC1)Oc1c(OC)cccc1[C@H]1CC(c3cc(C)ccc3O)=NN12. The van der Waals surface area contributed by atoms with Gasteiger partial charge in [-0.1, -0.05) is 30.7 Å². The van der Waals surface area contributed by atoms with Gasteiger partial charge in [0, 0.05) is 43.5 Å². The molecule has 2 aromatic rings. The fraction of sp³-hybridized carbons (Fsp3) is 0.458. The molecule has 0 amide bonds. The zero-order valence-corrected chi connectivity index (χ0v) is 17.9. The predicted molar refractivity (Wildman–Crippen MR) is 116 cm³/mol. The van der Waals surface area contributed by atoms with E-state index in [0.717, 1.165) is 72.8 Å². The number of ether oxygens (including phenoxy) is 2. The first-order valence-electron chi connectivity index (χ1n) is 10.8. The van der Waals surface area contributed by atoms with Crippen LogP contribution in [0.15, 0.2) is 41.5 Å². The minimum atomic E-state index is -0.487. The molecule has 1 spiro atoms. The van der Waals surface area contributed by atoms with E-state index in [4.69, 9.17) is 14.6 Å². The van der Waals surface area contributed by atoms with Gasteiger partial charge in [-0.2, -0.15) is 5.10 Å². The standard InChI is InChI=1S/C24H29N3O3/c1-4-26-12-10-24(11-13-26)27-20(17-6-5-7-22(29-3)23(17)30-24)15-19(25-27)18-14-16(2)8-9-21(18)28/h5-9,14,20,28H,4,10-13,15H2,1-3H3/t20-/m1/s1. The van der Waals surface area contributed by atoms with E-state index in [1.54, 1.807) is 13.2 Å². The zero-order chi connectivity index (χ0) is 20.9. The molecule has 30 heavy (non-hydrogen) atoms. The molecule has 158 valence electrons. The fourth-order valence-corrected chi connectivity index (χ4v) is 5.02. The number of hydrazone groups is 1. The van der Waals surface area contributed by atoms with Gasteiger partial charge in [0.15, 0.2) is 11.5 Å². The van der Waals surface area contributed by atoms with Crippen molar-refractivity contribution in [1.29, 1.82) is 0 Å². The first kappa shape index (κ1) is 19.2. The van der Waals surface area contributed by atoms with Crippen LogP contribution in [0.5, 0.6) is 17.2 Å². The summed E-state index contributed by atoms with van der Waals surface area (Å²) in [6.45, 7) is 7.24. The molecule has 3 aliphatic rings. The van der Waals surface area contributed by atoms with Gasteiger partial charge in [-0.3, -0.25) is 0 Å². The van der Waals surface area contributed by atoms with Crippen LogP contribution < -0.4 is 9.47 Å². The Morgan fingerprint density at radius 1 is 1.23 bits per heavy atom. The number of phenols is 1. The second kappa shape index (κ2) is 7.20. The van der Waals surface area contributed by atoms with Crippen molar-refractivity contribution < 1.29 is 14.6 Å². The highest BCUT2D eigenvalue weighted by atomic mass is 16.5. The molecule has 0 unspecified atom stereocenters. The van der Waals surface area contributed by atoms with Gasteiger partial charge in [0.1, 0.15) is 5.75 Å². The Morgan fingerprint density at radius 2 is 2.03 bits per heavy atom. The summed E-state index contributed by atoms with van der Waals surface area (Å²) in [5.74, 6) is 1.90. The number of likely N-dealkylation sites (tertiary alicyclic amines) is 1. The lowest BCUT2D eigenvalue weighted by Crippen LogP contribution is -2.59. The lowest BCUT2D eigenvalue weighted by Gasteiger charge is -2.51. The normalized spacial score (nSPS) is 22.3. The third-order valence-electron chi connectivity index (χ3n) is 6.76. The maximum absolute atomic E-state index is 10.5. The van der Waals surface area contributed by atoms with E-state index in [1.807, 2.05) is 31.2 Å². The van der Waals surface area contributed by atoms with Gasteiger partial charge in [-0.25, -0.2) is 5.01 Å². The number of hydrogen-bond acceptors (Lipinski definition) is 6. The highest BCUT2D eigenvalue weighted by molar-refractivity contribution is 6.04. The minimum absolute atomic E-state index is 0.0759. The number of benzene rings is 2. The molecule has 1 atom stereocenters. The second-order valence-electron chi connectivity index (χ2n) is 8.49. The summed E-state index contributed by atoms with van der Waals surface area (Å²) in [5.41, 5.74) is 3.45. The molecule has 2 aromatic carbocycles. The first-order chi connectivity index (χ1) is 14.5. The molecule has 6 heteroatoms. The Hall–Kier alpha value is -2.73. The summed E-state index contributed by atoms with van der Waals surface area (Å²) < 4.78 is 12.4. The molecular formula is C24H29N3O3. The summed E-state index contributed by atoms with van der Waals surface area (Å²) in [4.78, 5) is 2.45. The second-order valence-corrected chi connectivity index (χ2v) is 8.49. The number of methoxy groups -OCH3 is 1. The molecular weight excluding hydrogens is 378 g/mol. The van der Waals surface area contributed by atoms with Gasteiger partial charge in [0.2, 0.25) is 5.72 Å². The zero-order valence-electron chi connectivity index (χ0n) is 17.9. The molecule has 0 bridgehead atoms. The van der Waals surface area contributed by atoms with Crippen molar-refractivity contribution in [3.63, 3.8) is 0 Å². The number of para-hydroxylation sites is 1. The number of hydrogen-bond donors (Lipinski definition) is 1.